The molecule has 0 saturated carbocycles. The lowest BCUT2D eigenvalue weighted by molar-refractivity contribution is -0.118. The third kappa shape index (κ3) is 6.09. The Balaban J connectivity index is 2.23. The van der Waals surface area contributed by atoms with Crippen LogP contribution in [0.5, 0.6) is 0 Å². The van der Waals surface area contributed by atoms with Crippen LogP contribution >= 0.6 is 11.6 Å². The molecular weight excluding hydrogens is 450 g/mol. The van der Waals surface area contributed by atoms with Gasteiger partial charge in [-0.2, -0.15) is 4.31 Å². The quantitative estimate of drug-likeness (QED) is 0.566. The van der Waals surface area contributed by atoms with E-state index in [0.717, 1.165) is 5.56 Å². The minimum Gasteiger partial charge on any atom is -0.340 e. The molecule has 0 saturated heterocycles. The molecule has 2 aromatic rings. The lowest BCUT2D eigenvalue weighted by atomic mass is 10.0. The zero-order valence-corrected chi connectivity index (χ0v) is 20.5. The highest BCUT2D eigenvalue weighted by Crippen LogP contribution is 2.21. The van der Waals surface area contributed by atoms with Crippen molar-refractivity contribution in [1.82, 2.24) is 9.62 Å². The van der Waals surface area contributed by atoms with Gasteiger partial charge in [-0.1, -0.05) is 51.4 Å². The zero-order valence-electron chi connectivity index (χ0n) is 19.0. The van der Waals surface area contributed by atoms with Gasteiger partial charge >= 0.3 is 0 Å². The van der Waals surface area contributed by atoms with E-state index in [1.807, 2.05) is 20.8 Å². The van der Waals surface area contributed by atoms with Gasteiger partial charge in [0.25, 0.3) is 5.91 Å². The number of halogens is 1. The molecule has 0 fully saturated rings. The number of rotatable bonds is 9. The van der Waals surface area contributed by atoms with Gasteiger partial charge in [-0.25, -0.2) is 8.42 Å². The maximum Gasteiger partial charge on any atom is 0.251 e. The first-order chi connectivity index (χ1) is 15.0. The van der Waals surface area contributed by atoms with Crippen LogP contribution in [0.25, 0.3) is 0 Å². The lowest BCUT2D eigenvalue weighted by Gasteiger charge is -2.22. The van der Waals surface area contributed by atoms with Gasteiger partial charge in [0.1, 0.15) is 6.04 Å². The van der Waals surface area contributed by atoms with E-state index in [1.165, 1.54) is 28.6 Å². The Hall–Kier alpha value is -2.42. The van der Waals surface area contributed by atoms with E-state index in [2.05, 4.69) is 10.6 Å². The van der Waals surface area contributed by atoms with Gasteiger partial charge in [-0.05, 0) is 48.7 Å². The van der Waals surface area contributed by atoms with Gasteiger partial charge in [-0.15, -0.1) is 0 Å². The summed E-state index contributed by atoms with van der Waals surface area (Å²) in [4.78, 5) is 25.8. The number of hydrogen-bond donors (Lipinski definition) is 2. The Bertz CT molecular complexity index is 1080. The average molecular weight is 480 g/mol. The van der Waals surface area contributed by atoms with Crippen LogP contribution in [0.2, 0.25) is 5.02 Å². The van der Waals surface area contributed by atoms with Crippen molar-refractivity contribution < 1.29 is 18.0 Å². The average Bonchev–Trinajstić information content (AvgIpc) is 2.74. The first kappa shape index (κ1) is 25.8. The Labute approximate surface area is 195 Å². The van der Waals surface area contributed by atoms with Crippen LogP contribution in [-0.2, 0) is 14.8 Å². The summed E-state index contributed by atoms with van der Waals surface area (Å²) in [5.41, 5.74) is 1.57. The van der Waals surface area contributed by atoms with Crippen molar-refractivity contribution in [2.24, 2.45) is 5.92 Å². The predicted octanol–water partition coefficient (Wildman–Crippen LogP) is 4.07. The van der Waals surface area contributed by atoms with Crippen LogP contribution in [0, 0.1) is 12.8 Å². The number of nitrogens with zero attached hydrogens (tertiary/aromatic N) is 1. The first-order valence-corrected chi connectivity index (χ1v) is 12.3. The van der Waals surface area contributed by atoms with Crippen molar-refractivity contribution in [1.29, 1.82) is 0 Å². The van der Waals surface area contributed by atoms with E-state index in [0.29, 0.717) is 23.8 Å². The fraction of sp³-hybridized carbons (Fsp3) is 0.391. The number of benzene rings is 2. The molecule has 2 aromatic carbocycles. The van der Waals surface area contributed by atoms with Gasteiger partial charge in [-0.3, -0.25) is 9.59 Å². The molecule has 0 aliphatic carbocycles. The van der Waals surface area contributed by atoms with Crippen molar-refractivity contribution in [2.45, 2.75) is 45.6 Å². The summed E-state index contributed by atoms with van der Waals surface area (Å²) >= 11 is 6.12. The van der Waals surface area contributed by atoms with Crippen LogP contribution in [0.15, 0.2) is 47.4 Å². The third-order valence-electron chi connectivity index (χ3n) is 5.11. The highest BCUT2D eigenvalue weighted by Gasteiger charge is 2.26. The molecule has 2 amide bonds. The largest absolute Gasteiger partial charge is 0.340 e. The summed E-state index contributed by atoms with van der Waals surface area (Å²) in [6, 6.07) is 10.2. The number of anilines is 1. The molecule has 174 valence electrons. The van der Waals surface area contributed by atoms with Crippen LogP contribution in [0.1, 0.15) is 43.6 Å². The smallest absolute Gasteiger partial charge is 0.251 e. The second-order valence-corrected chi connectivity index (χ2v) is 10.1. The molecule has 0 aliphatic rings. The molecule has 0 bridgehead atoms. The summed E-state index contributed by atoms with van der Waals surface area (Å²) in [7, 11) is -3.71. The predicted molar refractivity (Wildman–Crippen MR) is 127 cm³/mol. The number of nitrogens with one attached hydrogen (secondary N) is 2. The number of hydrogen-bond acceptors (Lipinski definition) is 4. The van der Waals surface area contributed by atoms with E-state index in [1.54, 1.807) is 32.0 Å². The Morgan fingerprint density at radius 1 is 1.06 bits per heavy atom. The number of carbonyl (C=O) groups is 2. The summed E-state index contributed by atoms with van der Waals surface area (Å²) in [5.74, 6) is -1.12. The second-order valence-electron chi connectivity index (χ2n) is 7.77. The minimum absolute atomic E-state index is 0.0358. The van der Waals surface area contributed by atoms with Crippen LogP contribution in [0.3, 0.4) is 0 Å². The van der Waals surface area contributed by atoms with Gasteiger partial charge in [0.2, 0.25) is 15.9 Å². The monoisotopic (exact) mass is 479 g/mol. The number of carbonyl (C=O) groups excluding carboxylic acids is 2. The standard InChI is InChI=1S/C23H30ClN3O4S/c1-6-27(7-2)32(30,31)19-10-8-9-17(13-19)22(28)26-21(15(3)4)23(29)25-18-12-11-16(5)20(24)14-18/h8-15,21H,6-7H2,1-5H3,(H,25,29)(H,26,28)/t21-/m0/s1. The van der Waals surface area contributed by atoms with Crippen molar-refractivity contribution in [3.8, 4) is 0 Å². The SMILES string of the molecule is CCN(CC)S(=O)(=O)c1cccc(C(=O)N[C@H](C(=O)Nc2ccc(C)c(Cl)c2)C(C)C)c1. The minimum atomic E-state index is -3.71. The highest BCUT2D eigenvalue weighted by atomic mass is 35.5. The van der Waals surface area contributed by atoms with Crippen LogP contribution in [-0.4, -0.2) is 43.7 Å². The number of sulfonamides is 1. The molecule has 0 spiro atoms. The van der Waals surface area contributed by atoms with Crippen molar-refractivity contribution in [2.75, 3.05) is 18.4 Å². The van der Waals surface area contributed by atoms with E-state index >= 15 is 0 Å². The third-order valence-corrected chi connectivity index (χ3v) is 7.57. The van der Waals surface area contributed by atoms with Crippen molar-refractivity contribution >= 4 is 39.1 Å². The molecule has 7 nitrogen and oxygen atoms in total. The summed E-state index contributed by atoms with van der Waals surface area (Å²) in [6.45, 7) is 9.65. The van der Waals surface area contributed by atoms with E-state index in [4.69, 9.17) is 11.6 Å². The number of amides is 2. The molecule has 0 heterocycles. The summed E-state index contributed by atoms with van der Waals surface area (Å²) < 4.78 is 26.9. The van der Waals surface area contributed by atoms with E-state index < -0.39 is 22.0 Å². The molecule has 0 radical (unpaired) electrons. The normalized spacial score (nSPS) is 12.6. The van der Waals surface area contributed by atoms with Gasteiger partial charge < -0.3 is 10.6 Å². The van der Waals surface area contributed by atoms with Gasteiger partial charge in [0.05, 0.1) is 4.90 Å². The molecule has 2 N–H and O–H groups in total. The highest BCUT2D eigenvalue weighted by molar-refractivity contribution is 7.89. The van der Waals surface area contributed by atoms with Gasteiger partial charge in [0.15, 0.2) is 0 Å². The Morgan fingerprint density at radius 3 is 2.28 bits per heavy atom. The maximum atomic E-state index is 12.9. The molecule has 9 heteroatoms. The summed E-state index contributed by atoms with van der Waals surface area (Å²) in [5, 5.41) is 6.02. The Morgan fingerprint density at radius 2 is 1.72 bits per heavy atom. The van der Waals surface area contributed by atoms with Crippen LogP contribution in [0.4, 0.5) is 5.69 Å². The van der Waals surface area contributed by atoms with Crippen molar-refractivity contribution in [3.05, 3.63) is 58.6 Å². The number of aryl methyl sites for hydroxylation is 1. The maximum absolute atomic E-state index is 12.9. The fourth-order valence-electron chi connectivity index (χ4n) is 3.16. The molecule has 0 unspecified atom stereocenters. The lowest BCUT2D eigenvalue weighted by Crippen LogP contribution is -2.47. The van der Waals surface area contributed by atoms with Crippen molar-refractivity contribution in [3.63, 3.8) is 0 Å². The second kappa shape index (κ2) is 10.9. The first-order valence-electron chi connectivity index (χ1n) is 10.5. The molecule has 32 heavy (non-hydrogen) atoms. The molecule has 0 aromatic heterocycles. The fourth-order valence-corrected chi connectivity index (χ4v) is 4.85. The van der Waals surface area contributed by atoms with E-state index in [9.17, 15) is 18.0 Å². The molecule has 2 rings (SSSR count). The Kier molecular flexibility index (Phi) is 8.83. The van der Waals surface area contributed by atoms with Crippen LogP contribution < -0.4 is 10.6 Å². The summed E-state index contributed by atoms with van der Waals surface area (Å²) in [6.07, 6.45) is 0. The molecular formula is C23H30ClN3O4S. The van der Waals surface area contributed by atoms with E-state index in [-0.39, 0.29) is 22.3 Å². The molecule has 1 atom stereocenters. The molecule has 0 aliphatic heterocycles. The van der Waals surface area contributed by atoms with Gasteiger partial charge in [0, 0.05) is 29.4 Å². The topological polar surface area (TPSA) is 95.6 Å². The zero-order chi connectivity index (χ0) is 24.1.